The van der Waals surface area contributed by atoms with Gasteiger partial charge in [-0.1, -0.05) is 62.4 Å². The molecule has 0 aliphatic carbocycles. The van der Waals surface area contributed by atoms with Crippen molar-refractivity contribution >= 4 is 11.9 Å². The second kappa shape index (κ2) is 11.4. The van der Waals surface area contributed by atoms with E-state index in [1.165, 1.54) is 0 Å². The standard InChI is InChI=1S/C30H33NO5/c1-19(2)18-35-27-14-13-24(21-9-11-23(12-10-21)30(33)34)15-26(27)29-17-25(31-20(3)32)16-28(36-29)22-7-5-4-6-8-22/h4-15,19,25,28-29H,16-18H2,1-3H3,(H,31,32)(H,33,34)/t25-,28-,29+/m0/s1. The van der Waals surface area contributed by atoms with Crippen molar-refractivity contribution < 1.29 is 24.2 Å². The smallest absolute Gasteiger partial charge is 0.335 e. The third kappa shape index (κ3) is 6.32. The van der Waals surface area contributed by atoms with Gasteiger partial charge in [-0.05, 0) is 59.7 Å². The Bertz CT molecular complexity index is 1190. The summed E-state index contributed by atoms with van der Waals surface area (Å²) in [5, 5.41) is 12.3. The first-order chi connectivity index (χ1) is 17.3. The van der Waals surface area contributed by atoms with E-state index in [1.54, 1.807) is 19.1 Å². The Morgan fingerprint density at radius 1 is 0.972 bits per heavy atom. The summed E-state index contributed by atoms with van der Waals surface area (Å²) in [6.45, 7) is 6.32. The number of ether oxygens (including phenoxy) is 2. The van der Waals surface area contributed by atoms with E-state index >= 15 is 0 Å². The molecule has 0 spiro atoms. The van der Waals surface area contributed by atoms with Gasteiger partial charge in [0.25, 0.3) is 0 Å². The molecule has 1 aliphatic rings. The Kier molecular flexibility index (Phi) is 8.06. The number of hydrogen-bond donors (Lipinski definition) is 2. The van der Waals surface area contributed by atoms with Crippen molar-refractivity contribution in [1.82, 2.24) is 5.32 Å². The van der Waals surface area contributed by atoms with Gasteiger partial charge in [0.05, 0.1) is 24.4 Å². The fourth-order valence-corrected chi connectivity index (χ4v) is 4.58. The number of carbonyl (C=O) groups excluding carboxylic acids is 1. The molecular weight excluding hydrogens is 454 g/mol. The van der Waals surface area contributed by atoms with Crippen LogP contribution in [0.2, 0.25) is 0 Å². The zero-order valence-electron chi connectivity index (χ0n) is 20.9. The van der Waals surface area contributed by atoms with Crippen LogP contribution in [0.5, 0.6) is 5.75 Å². The molecule has 3 atom stereocenters. The van der Waals surface area contributed by atoms with Crippen molar-refractivity contribution in [2.75, 3.05) is 6.61 Å². The minimum Gasteiger partial charge on any atom is -0.493 e. The normalized spacial score (nSPS) is 19.6. The number of benzene rings is 3. The van der Waals surface area contributed by atoms with Crippen LogP contribution in [0.3, 0.4) is 0 Å². The first-order valence-corrected chi connectivity index (χ1v) is 12.4. The fourth-order valence-electron chi connectivity index (χ4n) is 4.58. The summed E-state index contributed by atoms with van der Waals surface area (Å²) in [5.74, 6) is 0.106. The van der Waals surface area contributed by atoms with Gasteiger partial charge in [0.15, 0.2) is 0 Å². The highest BCUT2D eigenvalue weighted by atomic mass is 16.5. The number of carbonyl (C=O) groups is 2. The summed E-state index contributed by atoms with van der Waals surface area (Å²) in [6, 6.07) is 22.9. The topological polar surface area (TPSA) is 84.9 Å². The molecule has 6 heteroatoms. The summed E-state index contributed by atoms with van der Waals surface area (Å²) in [4.78, 5) is 23.2. The molecule has 188 valence electrons. The molecule has 0 bridgehead atoms. The first-order valence-electron chi connectivity index (χ1n) is 12.4. The molecule has 0 aromatic heterocycles. The third-order valence-electron chi connectivity index (χ3n) is 6.30. The van der Waals surface area contributed by atoms with Gasteiger partial charge in [0.2, 0.25) is 5.91 Å². The van der Waals surface area contributed by atoms with Gasteiger partial charge >= 0.3 is 5.97 Å². The quantitative estimate of drug-likeness (QED) is 0.396. The Morgan fingerprint density at radius 2 is 1.64 bits per heavy atom. The summed E-state index contributed by atoms with van der Waals surface area (Å²) < 4.78 is 12.9. The average molecular weight is 488 g/mol. The van der Waals surface area contributed by atoms with Crippen molar-refractivity contribution in [2.45, 2.75) is 51.9 Å². The molecule has 1 heterocycles. The predicted octanol–water partition coefficient (Wildman–Crippen LogP) is 6.18. The van der Waals surface area contributed by atoms with Crippen LogP contribution in [0.1, 0.15) is 67.3 Å². The van der Waals surface area contributed by atoms with Crippen molar-refractivity contribution in [2.24, 2.45) is 5.92 Å². The maximum Gasteiger partial charge on any atom is 0.335 e. The third-order valence-corrected chi connectivity index (χ3v) is 6.30. The average Bonchev–Trinajstić information content (AvgIpc) is 2.87. The van der Waals surface area contributed by atoms with Crippen LogP contribution >= 0.6 is 0 Å². The lowest BCUT2D eigenvalue weighted by Gasteiger charge is -2.37. The zero-order chi connectivity index (χ0) is 25.7. The van der Waals surface area contributed by atoms with Gasteiger partial charge in [0, 0.05) is 18.5 Å². The second-order valence-electron chi connectivity index (χ2n) is 9.73. The zero-order valence-corrected chi connectivity index (χ0v) is 20.9. The summed E-state index contributed by atoms with van der Waals surface area (Å²) in [7, 11) is 0. The minimum atomic E-state index is -0.953. The van der Waals surface area contributed by atoms with Gasteiger partial charge < -0.3 is 19.9 Å². The van der Waals surface area contributed by atoms with E-state index in [1.807, 2.05) is 42.5 Å². The van der Waals surface area contributed by atoms with Crippen LogP contribution in [0.15, 0.2) is 72.8 Å². The number of amides is 1. The Hall–Kier alpha value is -3.64. The lowest BCUT2D eigenvalue weighted by Crippen LogP contribution is -2.39. The molecule has 0 radical (unpaired) electrons. The van der Waals surface area contributed by atoms with E-state index in [0.717, 1.165) is 28.0 Å². The van der Waals surface area contributed by atoms with Gasteiger partial charge in [-0.3, -0.25) is 4.79 Å². The number of nitrogens with one attached hydrogen (secondary N) is 1. The SMILES string of the molecule is CC(=O)N[C@H]1C[C@@H](c2ccccc2)O[C@@H](c2cc(-c3ccc(C(=O)O)cc3)ccc2OCC(C)C)C1. The highest BCUT2D eigenvalue weighted by Crippen LogP contribution is 2.43. The van der Waals surface area contributed by atoms with E-state index in [9.17, 15) is 14.7 Å². The van der Waals surface area contributed by atoms with Crippen molar-refractivity contribution in [3.8, 4) is 16.9 Å². The number of hydrogen-bond acceptors (Lipinski definition) is 4. The maximum absolute atomic E-state index is 11.9. The van der Waals surface area contributed by atoms with Crippen molar-refractivity contribution in [3.63, 3.8) is 0 Å². The van der Waals surface area contributed by atoms with Crippen molar-refractivity contribution in [3.05, 3.63) is 89.5 Å². The van der Waals surface area contributed by atoms with Gasteiger partial charge in [-0.15, -0.1) is 0 Å². The minimum absolute atomic E-state index is 0.0390. The van der Waals surface area contributed by atoms with Crippen LogP contribution in [-0.2, 0) is 9.53 Å². The number of carboxylic acids is 1. The highest BCUT2D eigenvalue weighted by molar-refractivity contribution is 5.88. The molecule has 3 aromatic carbocycles. The predicted molar refractivity (Wildman–Crippen MR) is 139 cm³/mol. The monoisotopic (exact) mass is 487 g/mol. The van der Waals surface area contributed by atoms with E-state index in [-0.39, 0.29) is 29.7 Å². The molecule has 2 N–H and O–H groups in total. The van der Waals surface area contributed by atoms with Gasteiger partial charge in [-0.2, -0.15) is 0 Å². The largest absolute Gasteiger partial charge is 0.493 e. The highest BCUT2D eigenvalue weighted by Gasteiger charge is 2.33. The van der Waals surface area contributed by atoms with Crippen LogP contribution in [0.25, 0.3) is 11.1 Å². The van der Waals surface area contributed by atoms with Crippen LogP contribution < -0.4 is 10.1 Å². The summed E-state index contributed by atoms with van der Waals surface area (Å²) in [5.41, 5.74) is 4.09. The number of carboxylic acid groups (broad SMARTS) is 1. The van der Waals surface area contributed by atoms with Gasteiger partial charge in [-0.25, -0.2) is 4.79 Å². The van der Waals surface area contributed by atoms with E-state index < -0.39 is 5.97 Å². The van der Waals surface area contributed by atoms with E-state index in [0.29, 0.717) is 25.4 Å². The molecule has 1 saturated heterocycles. The van der Waals surface area contributed by atoms with Crippen LogP contribution in [0, 0.1) is 5.92 Å². The Labute approximate surface area is 212 Å². The van der Waals surface area contributed by atoms with Crippen molar-refractivity contribution in [1.29, 1.82) is 0 Å². The molecule has 0 unspecified atom stereocenters. The molecule has 1 fully saturated rings. The molecule has 4 rings (SSSR count). The lowest BCUT2D eigenvalue weighted by atomic mass is 9.89. The lowest BCUT2D eigenvalue weighted by molar-refractivity contribution is -0.122. The molecule has 1 amide bonds. The van der Waals surface area contributed by atoms with Crippen LogP contribution in [0.4, 0.5) is 0 Å². The van der Waals surface area contributed by atoms with Crippen LogP contribution in [-0.4, -0.2) is 29.6 Å². The number of aromatic carboxylic acids is 1. The molecule has 0 saturated carbocycles. The maximum atomic E-state index is 11.9. The molecule has 3 aromatic rings. The summed E-state index contributed by atoms with van der Waals surface area (Å²) >= 11 is 0. The summed E-state index contributed by atoms with van der Waals surface area (Å²) in [6.07, 6.45) is 0.862. The molecule has 6 nitrogen and oxygen atoms in total. The van der Waals surface area contributed by atoms with E-state index in [4.69, 9.17) is 9.47 Å². The Morgan fingerprint density at radius 3 is 2.28 bits per heavy atom. The number of rotatable bonds is 8. The van der Waals surface area contributed by atoms with Gasteiger partial charge in [0.1, 0.15) is 5.75 Å². The molecular formula is C30H33NO5. The first kappa shape index (κ1) is 25.5. The second-order valence-corrected chi connectivity index (χ2v) is 9.73. The van der Waals surface area contributed by atoms with E-state index in [2.05, 4.69) is 37.4 Å². The fraction of sp³-hybridized carbons (Fsp3) is 0.333. The Balaban J connectivity index is 1.72. The molecule has 36 heavy (non-hydrogen) atoms. The molecule has 1 aliphatic heterocycles.